The van der Waals surface area contributed by atoms with Crippen LogP contribution in [0.2, 0.25) is 0 Å². The molecule has 174 valence electrons. The minimum Gasteiger partial charge on any atom is -0.387 e. The van der Waals surface area contributed by atoms with E-state index in [-0.39, 0.29) is 11.3 Å². The molecule has 0 aliphatic heterocycles. The Morgan fingerprint density at radius 2 is 1.97 bits per heavy atom. The number of halogens is 2. The number of hydrogen-bond donors (Lipinski definition) is 3. The first-order valence-electron chi connectivity index (χ1n) is 10.3. The van der Waals surface area contributed by atoms with E-state index in [0.29, 0.717) is 22.4 Å². The number of aliphatic hydroxyl groups is 1. The Hall–Kier alpha value is -3.65. The van der Waals surface area contributed by atoms with Gasteiger partial charge in [0.15, 0.2) is 11.5 Å². The minimum absolute atomic E-state index is 0.0744. The van der Waals surface area contributed by atoms with Crippen molar-refractivity contribution < 1.29 is 18.7 Å². The van der Waals surface area contributed by atoms with E-state index in [1.807, 2.05) is 6.07 Å². The molecule has 3 atom stereocenters. The number of fused-ring (bicyclic) bond motifs is 1. The number of carbonyl (C=O) groups excluding carboxylic acids is 1. The van der Waals surface area contributed by atoms with Gasteiger partial charge in [0.05, 0.1) is 41.2 Å². The topological polar surface area (TPSA) is 129 Å². The van der Waals surface area contributed by atoms with Gasteiger partial charge in [-0.25, -0.2) is 18.7 Å². The lowest BCUT2D eigenvalue weighted by atomic mass is 10.0. The molecule has 11 heteroatoms. The van der Waals surface area contributed by atoms with Gasteiger partial charge < -0.3 is 15.7 Å². The average Bonchev–Trinajstić information content (AvgIpc) is 3.19. The van der Waals surface area contributed by atoms with Gasteiger partial charge in [0.2, 0.25) is 0 Å². The van der Waals surface area contributed by atoms with Crippen LogP contribution in [0.1, 0.15) is 43.6 Å². The second-order valence-electron chi connectivity index (χ2n) is 8.33. The van der Waals surface area contributed by atoms with E-state index < -0.39 is 36.4 Å². The number of pyridine rings is 2. The van der Waals surface area contributed by atoms with Crippen molar-refractivity contribution in [2.45, 2.75) is 51.7 Å². The van der Waals surface area contributed by atoms with Gasteiger partial charge in [-0.15, -0.1) is 0 Å². The second-order valence-corrected chi connectivity index (χ2v) is 8.33. The summed E-state index contributed by atoms with van der Waals surface area (Å²) in [5.74, 6) is -0.330. The Bertz CT molecular complexity index is 1200. The van der Waals surface area contributed by atoms with E-state index >= 15 is 0 Å². The molecule has 2 unspecified atom stereocenters. The molecule has 0 aromatic carbocycles. The normalized spacial score (nSPS) is 14.4. The number of rotatable bonds is 8. The van der Waals surface area contributed by atoms with E-state index in [1.54, 1.807) is 13.0 Å². The predicted octanol–water partition coefficient (Wildman–Crippen LogP) is 2.68. The Balaban J connectivity index is 1.97. The van der Waals surface area contributed by atoms with Crippen molar-refractivity contribution in [1.82, 2.24) is 25.1 Å². The quantitative estimate of drug-likeness (QED) is 0.474. The van der Waals surface area contributed by atoms with E-state index in [2.05, 4.69) is 25.7 Å². The first kappa shape index (κ1) is 24.0. The number of hydrogen-bond acceptors (Lipinski definition) is 7. The summed E-state index contributed by atoms with van der Waals surface area (Å²) in [5.41, 5.74) is -0.445. The van der Waals surface area contributed by atoms with Gasteiger partial charge in [-0.2, -0.15) is 15.0 Å². The molecule has 9 nitrogen and oxygen atoms in total. The minimum atomic E-state index is -1.69. The predicted molar refractivity (Wildman–Crippen MR) is 119 cm³/mol. The molecule has 3 aromatic rings. The smallest absolute Gasteiger partial charge is 0.255 e. The maximum atomic E-state index is 14.1. The summed E-state index contributed by atoms with van der Waals surface area (Å²) in [7, 11) is 0. The van der Waals surface area contributed by atoms with Crippen molar-refractivity contribution in [2.75, 3.05) is 11.9 Å². The molecule has 0 saturated carbocycles. The van der Waals surface area contributed by atoms with Crippen LogP contribution in [0, 0.1) is 11.3 Å². The summed E-state index contributed by atoms with van der Waals surface area (Å²) in [6, 6.07) is 4.53. The summed E-state index contributed by atoms with van der Waals surface area (Å²) in [6.45, 7) is 5.20. The standard InChI is InChI=1S/C22H25F2N7O2/c1-12(23)13(2)30-17-6-19(31-20-15(9-29-31)5-14(7-25)8-27-20)26-10-16(17)21(32)28-11-18(24)22(3,4)33/h5-6,8-10,12-13,18,33H,11H2,1-4H3,(H,26,30)(H,28,32)/t12?,13-,18?/m0/s1. The first-order valence-corrected chi connectivity index (χ1v) is 10.3. The molecule has 0 saturated heterocycles. The molecule has 3 N–H and O–H groups in total. The van der Waals surface area contributed by atoms with E-state index in [4.69, 9.17) is 5.26 Å². The van der Waals surface area contributed by atoms with Gasteiger partial charge in [-0.1, -0.05) is 0 Å². The van der Waals surface area contributed by atoms with Crippen molar-refractivity contribution in [1.29, 1.82) is 5.26 Å². The molecule has 33 heavy (non-hydrogen) atoms. The van der Waals surface area contributed by atoms with Crippen LogP contribution >= 0.6 is 0 Å². The summed E-state index contributed by atoms with van der Waals surface area (Å²) in [6.07, 6.45) is 1.30. The van der Waals surface area contributed by atoms with E-state index in [0.717, 1.165) is 0 Å². The molecule has 3 rings (SSSR count). The number of alkyl halides is 2. The van der Waals surface area contributed by atoms with Crippen LogP contribution in [0.3, 0.4) is 0 Å². The Kier molecular flexibility index (Phi) is 6.88. The zero-order chi connectivity index (χ0) is 24.3. The largest absolute Gasteiger partial charge is 0.387 e. The molecule has 1 amide bonds. The van der Waals surface area contributed by atoms with Gasteiger partial charge in [0.25, 0.3) is 5.91 Å². The van der Waals surface area contributed by atoms with Gasteiger partial charge >= 0.3 is 0 Å². The molecule has 3 heterocycles. The molecule has 0 aliphatic rings. The number of carbonyl (C=O) groups is 1. The third-order valence-corrected chi connectivity index (χ3v) is 5.17. The van der Waals surface area contributed by atoms with Crippen molar-refractivity contribution in [3.63, 3.8) is 0 Å². The summed E-state index contributed by atoms with van der Waals surface area (Å²) < 4.78 is 29.3. The SMILES string of the molecule is CC(F)[C@H](C)Nc1cc(-n2ncc3cc(C#N)cnc32)ncc1C(=O)NCC(F)C(C)(C)O. The molecule has 0 radical (unpaired) electrons. The van der Waals surface area contributed by atoms with Crippen LogP contribution in [-0.2, 0) is 0 Å². The fourth-order valence-corrected chi connectivity index (χ4v) is 2.90. The number of amides is 1. The second kappa shape index (κ2) is 9.46. The van der Waals surface area contributed by atoms with Gasteiger partial charge in [-0.05, 0) is 33.8 Å². The third kappa shape index (κ3) is 5.40. The fourth-order valence-electron chi connectivity index (χ4n) is 2.90. The summed E-state index contributed by atoms with van der Waals surface area (Å²) >= 11 is 0. The molecular weight excluding hydrogens is 432 g/mol. The number of aromatic nitrogens is 4. The van der Waals surface area contributed by atoms with Gasteiger partial charge in [0.1, 0.15) is 18.4 Å². The van der Waals surface area contributed by atoms with E-state index in [9.17, 15) is 18.7 Å². The lowest BCUT2D eigenvalue weighted by molar-refractivity contribution is -0.00177. The zero-order valence-electron chi connectivity index (χ0n) is 18.7. The van der Waals surface area contributed by atoms with Crippen LogP contribution in [0.4, 0.5) is 14.5 Å². The number of nitriles is 1. The highest BCUT2D eigenvalue weighted by Gasteiger charge is 2.27. The van der Waals surface area contributed by atoms with Crippen LogP contribution in [-0.4, -0.2) is 61.3 Å². The fraction of sp³-hybridized carbons (Fsp3) is 0.409. The number of nitrogens with zero attached hydrogens (tertiary/aromatic N) is 5. The molecule has 0 bridgehead atoms. The number of anilines is 1. The monoisotopic (exact) mass is 457 g/mol. The lowest BCUT2D eigenvalue weighted by Crippen LogP contribution is -2.42. The zero-order valence-corrected chi connectivity index (χ0v) is 18.7. The highest BCUT2D eigenvalue weighted by Crippen LogP contribution is 2.23. The Labute approximate surface area is 189 Å². The van der Waals surface area contributed by atoms with E-state index in [1.165, 1.54) is 50.1 Å². The van der Waals surface area contributed by atoms with Gasteiger partial charge in [0, 0.05) is 23.8 Å². The third-order valence-electron chi connectivity index (χ3n) is 5.17. The molecule has 0 aliphatic carbocycles. The van der Waals surface area contributed by atoms with Crippen molar-refractivity contribution in [2.24, 2.45) is 0 Å². The Morgan fingerprint density at radius 3 is 2.61 bits per heavy atom. The van der Waals surface area contributed by atoms with Crippen LogP contribution < -0.4 is 10.6 Å². The lowest BCUT2D eigenvalue weighted by Gasteiger charge is -2.23. The highest BCUT2D eigenvalue weighted by molar-refractivity contribution is 5.99. The maximum absolute atomic E-state index is 14.1. The van der Waals surface area contributed by atoms with Crippen molar-refractivity contribution >= 4 is 22.6 Å². The molecule has 0 fully saturated rings. The van der Waals surface area contributed by atoms with Crippen LogP contribution in [0.5, 0.6) is 0 Å². The Morgan fingerprint density at radius 1 is 1.24 bits per heavy atom. The van der Waals surface area contributed by atoms with Crippen LogP contribution in [0.25, 0.3) is 16.9 Å². The maximum Gasteiger partial charge on any atom is 0.255 e. The molecule has 3 aromatic heterocycles. The summed E-state index contributed by atoms with van der Waals surface area (Å²) in [4.78, 5) is 21.3. The van der Waals surface area contributed by atoms with Crippen LogP contribution in [0.15, 0.2) is 30.7 Å². The van der Waals surface area contributed by atoms with Crippen molar-refractivity contribution in [3.8, 4) is 11.9 Å². The molecular formula is C22H25F2N7O2. The first-order chi connectivity index (χ1) is 15.5. The van der Waals surface area contributed by atoms with Crippen molar-refractivity contribution in [3.05, 3.63) is 41.9 Å². The summed E-state index contributed by atoms with van der Waals surface area (Å²) in [5, 5.41) is 29.1. The highest BCUT2D eigenvalue weighted by atomic mass is 19.1. The van der Waals surface area contributed by atoms with Gasteiger partial charge in [-0.3, -0.25) is 4.79 Å². The molecule has 0 spiro atoms. The number of nitrogens with one attached hydrogen (secondary N) is 2. The average molecular weight is 457 g/mol.